The fraction of sp³-hybridized carbons (Fsp3) is 0.235. The van der Waals surface area contributed by atoms with E-state index in [1.807, 2.05) is 0 Å². The summed E-state index contributed by atoms with van der Waals surface area (Å²) in [6, 6.07) is 9.31. The third kappa shape index (κ3) is 4.58. The van der Waals surface area contributed by atoms with E-state index in [0.717, 1.165) is 0 Å². The Morgan fingerprint density at radius 2 is 1.91 bits per heavy atom. The molecule has 0 fully saturated rings. The molecular weight excluding hydrogens is 304 g/mol. The lowest BCUT2D eigenvalue weighted by atomic mass is 10.1. The van der Waals surface area contributed by atoms with E-state index in [0.29, 0.717) is 5.56 Å². The number of aliphatic hydroxyl groups is 1. The molecule has 0 radical (unpaired) electrons. The molecule has 122 valence electrons. The predicted molar refractivity (Wildman–Crippen MR) is 80.8 cm³/mol. The molecule has 1 unspecified atom stereocenters. The minimum Gasteiger partial charge on any atom is -0.387 e. The van der Waals surface area contributed by atoms with E-state index in [1.54, 1.807) is 0 Å². The number of methoxy groups -OCH3 is 1. The van der Waals surface area contributed by atoms with Crippen LogP contribution < -0.4 is 5.32 Å². The van der Waals surface area contributed by atoms with Gasteiger partial charge >= 0.3 is 0 Å². The van der Waals surface area contributed by atoms with Crippen LogP contribution in [0.4, 0.5) is 8.78 Å². The quantitative estimate of drug-likeness (QED) is 0.860. The standard InChI is InChI=1S/C17H17F2NO3/c1-23-10-13-8-12(4-7-15(13)19)17(22)20-9-16(21)11-2-5-14(18)6-3-11/h2-8,16,21H,9-10H2,1H3,(H,20,22). The summed E-state index contributed by atoms with van der Waals surface area (Å²) in [5.74, 6) is -1.29. The molecule has 2 rings (SSSR count). The Kier molecular flexibility index (Phi) is 5.78. The highest BCUT2D eigenvalue weighted by atomic mass is 19.1. The number of hydrogen-bond acceptors (Lipinski definition) is 3. The molecule has 2 N–H and O–H groups in total. The molecule has 0 saturated heterocycles. The van der Waals surface area contributed by atoms with E-state index in [1.165, 1.54) is 49.6 Å². The molecule has 0 aliphatic heterocycles. The van der Waals surface area contributed by atoms with Gasteiger partial charge in [-0.15, -0.1) is 0 Å². The molecule has 4 nitrogen and oxygen atoms in total. The van der Waals surface area contributed by atoms with Crippen molar-refractivity contribution in [1.82, 2.24) is 5.32 Å². The summed E-state index contributed by atoms with van der Waals surface area (Å²) in [5.41, 5.74) is 1.04. The average molecular weight is 321 g/mol. The van der Waals surface area contributed by atoms with Gasteiger partial charge in [-0.1, -0.05) is 12.1 Å². The molecule has 1 amide bonds. The molecule has 0 aromatic heterocycles. The molecule has 23 heavy (non-hydrogen) atoms. The number of amides is 1. The van der Waals surface area contributed by atoms with Crippen molar-refractivity contribution in [2.75, 3.05) is 13.7 Å². The van der Waals surface area contributed by atoms with Gasteiger partial charge in [-0.25, -0.2) is 8.78 Å². The van der Waals surface area contributed by atoms with Gasteiger partial charge in [0.2, 0.25) is 0 Å². The van der Waals surface area contributed by atoms with E-state index in [4.69, 9.17) is 4.74 Å². The summed E-state index contributed by atoms with van der Waals surface area (Å²) in [4.78, 5) is 12.1. The van der Waals surface area contributed by atoms with Crippen molar-refractivity contribution < 1.29 is 23.4 Å². The van der Waals surface area contributed by atoms with Crippen molar-refractivity contribution in [3.8, 4) is 0 Å². The molecule has 2 aromatic carbocycles. The maximum Gasteiger partial charge on any atom is 0.251 e. The maximum absolute atomic E-state index is 13.5. The number of benzene rings is 2. The molecule has 6 heteroatoms. The summed E-state index contributed by atoms with van der Waals surface area (Å²) in [6.45, 7) is 0.0204. The fourth-order valence-corrected chi connectivity index (χ4v) is 2.08. The first-order chi connectivity index (χ1) is 11.0. The van der Waals surface area contributed by atoms with Gasteiger partial charge in [0.05, 0.1) is 12.7 Å². The monoisotopic (exact) mass is 321 g/mol. The number of hydrogen-bond donors (Lipinski definition) is 2. The first-order valence-corrected chi connectivity index (χ1v) is 7.00. The molecule has 2 aromatic rings. The van der Waals surface area contributed by atoms with Gasteiger partial charge in [0.1, 0.15) is 11.6 Å². The van der Waals surface area contributed by atoms with Crippen LogP contribution in [0.5, 0.6) is 0 Å². The van der Waals surface area contributed by atoms with Crippen molar-refractivity contribution in [2.45, 2.75) is 12.7 Å². The predicted octanol–water partition coefficient (Wildman–Crippen LogP) is 2.57. The minimum absolute atomic E-state index is 0.0402. The van der Waals surface area contributed by atoms with Crippen LogP contribution in [0, 0.1) is 11.6 Å². The third-order valence-electron chi connectivity index (χ3n) is 3.32. The fourth-order valence-electron chi connectivity index (χ4n) is 2.08. The second-order valence-corrected chi connectivity index (χ2v) is 5.02. The van der Waals surface area contributed by atoms with Crippen molar-refractivity contribution in [3.05, 3.63) is 70.8 Å². The van der Waals surface area contributed by atoms with Crippen LogP contribution >= 0.6 is 0 Å². The van der Waals surface area contributed by atoms with Gasteiger partial charge in [-0.3, -0.25) is 4.79 Å². The van der Waals surface area contributed by atoms with Gasteiger partial charge in [0, 0.05) is 24.8 Å². The second-order valence-electron chi connectivity index (χ2n) is 5.02. The van der Waals surface area contributed by atoms with Gasteiger partial charge < -0.3 is 15.2 Å². The van der Waals surface area contributed by atoms with Crippen LogP contribution in [0.2, 0.25) is 0 Å². The molecule has 0 aliphatic rings. The number of carbonyl (C=O) groups is 1. The lowest BCUT2D eigenvalue weighted by Crippen LogP contribution is -2.28. The van der Waals surface area contributed by atoms with Gasteiger partial charge in [0.15, 0.2) is 0 Å². The Balaban J connectivity index is 1.99. The van der Waals surface area contributed by atoms with Crippen molar-refractivity contribution >= 4 is 5.91 Å². The normalized spacial score (nSPS) is 12.0. The smallest absolute Gasteiger partial charge is 0.251 e. The SMILES string of the molecule is COCc1cc(C(=O)NCC(O)c2ccc(F)cc2)ccc1F. The number of aliphatic hydroxyl groups excluding tert-OH is 1. The Bertz CT molecular complexity index is 674. The topological polar surface area (TPSA) is 58.6 Å². The summed E-state index contributed by atoms with van der Waals surface area (Å²) >= 11 is 0. The molecule has 0 bridgehead atoms. The third-order valence-corrected chi connectivity index (χ3v) is 3.32. The first kappa shape index (κ1) is 17.1. The largest absolute Gasteiger partial charge is 0.387 e. The zero-order chi connectivity index (χ0) is 16.8. The van der Waals surface area contributed by atoms with Gasteiger partial charge in [0.25, 0.3) is 5.91 Å². The number of carbonyl (C=O) groups excluding carboxylic acids is 1. The molecule has 0 heterocycles. The zero-order valence-electron chi connectivity index (χ0n) is 12.6. The van der Waals surface area contributed by atoms with E-state index < -0.39 is 23.6 Å². The Morgan fingerprint density at radius 3 is 2.57 bits per heavy atom. The molecule has 0 spiro atoms. The zero-order valence-corrected chi connectivity index (χ0v) is 12.6. The highest BCUT2D eigenvalue weighted by Crippen LogP contribution is 2.14. The summed E-state index contributed by atoms with van der Waals surface area (Å²) in [5, 5.41) is 12.5. The highest BCUT2D eigenvalue weighted by molar-refractivity contribution is 5.94. The lowest BCUT2D eigenvalue weighted by Gasteiger charge is -2.13. The Morgan fingerprint density at radius 1 is 1.22 bits per heavy atom. The summed E-state index contributed by atoms with van der Waals surface area (Å²) < 4.78 is 31.2. The molecular formula is C17H17F2NO3. The summed E-state index contributed by atoms with van der Waals surface area (Å²) in [6.07, 6.45) is -0.960. The van der Waals surface area contributed by atoms with Crippen LogP contribution in [0.15, 0.2) is 42.5 Å². The van der Waals surface area contributed by atoms with Crippen molar-refractivity contribution in [3.63, 3.8) is 0 Å². The number of halogens is 2. The highest BCUT2D eigenvalue weighted by Gasteiger charge is 2.13. The Labute approximate surface area is 132 Å². The minimum atomic E-state index is -0.960. The van der Waals surface area contributed by atoms with E-state index in [-0.39, 0.29) is 24.3 Å². The second kappa shape index (κ2) is 7.80. The Hall–Kier alpha value is -2.31. The maximum atomic E-state index is 13.5. The van der Waals surface area contributed by atoms with Crippen LogP contribution in [-0.4, -0.2) is 24.7 Å². The van der Waals surface area contributed by atoms with Crippen molar-refractivity contribution in [2.24, 2.45) is 0 Å². The number of rotatable bonds is 6. The molecule has 1 atom stereocenters. The van der Waals surface area contributed by atoms with E-state index >= 15 is 0 Å². The lowest BCUT2D eigenvalue weighted by molar-refractivity contribution is 0.0916. The number of ether oxygens (including phenoxy) is 1. The van der Waals surface area contributed by atoms with E-state index in [2.05, 4.69) is 5.32 Å². The van der Waals surface area contributed by atoms with Crippen molar-refractivity contribution in [1.29, 1.82) is 0 Å². The van der Waals surface area contributed by atoms with Crippen LogP contribution in [0.1, 0.15) is 27.6 Å². The van der Waals surface area contributed by atoms with Crippen LogP contribution in [0.25, 0.3) is 0 Å². The molecule has 0 saturated carbocycles. The van der Waals surface area contributed by atoms with Gasteiger partial charge in [-0.05, 0) is 35.9 Å². The summed E-state index contributed by atoms with van der Waals surface area (Å²) in [7, 11) is 1.44. The first-order valence-electron chi connectivity index (χ1n) is 7.00. The molecule has 0 aliphatic carbocycles. The number of nitrogens with one attached hydrogen (secondary N) is 1. The van der Waals surface area contributed by atoms with Crippen LogP contribution in [-0.2, 0) is 11.3 Å². The average Bonchev–Trinajstić information content (AvgIpc) is 2.55. The van der Waals surface area contributed by atoms with Gasteiger partial charge in [-0.2, -0.15) is 0 Å². The van der Waals surface area contributed by atoms with E-state index in [9.17, 15) is 18.7 Å². The van der Waals surface area contributed by atoms with Crippen LogP contribution in [0.3, 0.4) is 0 Å².